The molecule has 0 radical (unpaired) electrons. The summed E-state index contributed by atoms with van der Waals surface area (Å²) in [4.78, 5) is 0. The lowest BCUT2D eigenvalue weighted by Crippen LogP contribution is -2.03. The van der Waals surface area contributed by atoms with Gasteiger partial charge in [-0.15, -0.1) is 0 Å². The first-order valence-electron chi connectivity index (χ1n) is 4.68. The molecule has 0 aliphatic carbocycles. The van der Waals surface area contributed by atoms with Crippen molar-refractivity contribution in [3.8, 4) is 11.8 Å². The van der Waals surface area contributed by atoms with Gasteiger partial charge in [-0.05, 0) is 25.0 Å². The van der Waals surface area contributed by atoms with Crippen LogP contribution in [0.1, 0.15) is 18.4 Å². The van der Waals surface area contributed by atoms with E-state index in [9.17, 15) is 5.11 Å². The molecule has 0 bridgehead atoms. The molecule has 0 aromatic heterocycles. The molecule has 0 aliphatic rings. The van der Waals surface area contributed by atoms with Gasteiger partial charge in [0.25, 0.3) is 0 Å². The zero-order chi connectivity index (χ0) is 10.2. The van der Waals surface area contributed by atoms with E-state index in [1.165, 1.54) is 0 Å². The molecule has 0 spiro atoms. The molecule has 0 saturated carbocycles. The third-order valence-electron chi connectivity index (χ3n) is 1.79. The number of benzene rings is 1. The van der Waals surface area contributed by atoms with Crippen molar-refractivity contribution in [2.45, 2.75) is 18.9 Å². The van der Waals surface area contributed by atoms with E-state index in [4.69, 9.17) is 5.11 Å². The number of hydrogen-bond donors (Lipinski definition) is 2. The summed E-state index contributed by atoms with van der Waals surface area (Å²) in [6.07, 6.45) is 0.475. The Morgan fingerprint density at radius 2 is 1.93 bits per heavy atom. The molecule has 2 N–H and O–H groups in total. The molecule has 0 fully saturated rings. The maximum Gasteiger partial charge on any atom is 0.115 e. The summed E-state index contributed by atoms with van der Waals surface area (Å²) in [7, 11) is 0. The normalized spacial score (nSPS) is 11.6. The minimum absolute atomic E-state index is 0.101. The predicted octanol–water partition coefficient (Wildman–Crippen LogP) is 1.17. The lowest BCUT2D eigenvalue weighted by molar-refractivity contribution is 0.197. The lowest BCUT2D eigenvalue weighted by atomic mass is 10.2. The maximum absolute atomic E-state index is 9.36. The maximum atomic E-state index is 9.36. The van der Waals surface area contributed by atoms with Gasteiger partial charge in [0.15, 0.2) is 0 Å². The average molecular weight is 190 g/mol. The van der Waals surface area contributed by atoms with Crippen LogP contribution in [-0.4, -0.2) is 22.9 Å². The Balaban J connectivity index is 2.47. The Morgan fingerprint density at radius 1 is 1.21 bits per heavy atom. The molecule has 2 heteroatoms. The number of rotatable bonds is 3. The van der Waals surface area contributed by atoms with Crippen LogP contribution >= 0.6 is 0 Å². The summed E-state index contributed by atoms with van der Waals surface area (Å²) in [5.74, 6) is 5.60. The highest BCUT2D eigenvalue weighted by molar-refractivity contribution is 5.34. The Bertz CT molecular complexity index is 308. The van der Waals surface area contributed by atoms with Crippen molar-refractivity contribution in [2.75, 3.05) is 6.61 Å². The summed E-state index contributed by atoms with van der Waals surface area (Å²) < 4.78 is 0. The quantitative estimate of drug-likeness (QED) is 0.702. The van der Waals surface area contributed by atoms with Crippen molar-refractivity contribution >= 4 is 0 Å². The molecule has 1 aromatic carbocycles. The summed E-state index contributed by atoms with van der Waals surface area (Å²) >= 11 is 0. The van der Waals surface area contributed by atoms with E-state index in [0.29, 0.717) is 12.8 Å². The van der Waals surface area contributed by atoms with E-state index in [0.717, 1.165) is 5.56 Å². The second-order valence-corrected chi connectivity index (χ2v) is 3.02. The predicted molar refractivity (Wildman–Crippen MR) is 55.6 cm³/mol. The van der Waals surface area contributed by atoms with Gasteiger partial charge in [-0.1, -0.05) is 30.0 Å². The van der Waals surface area contributed by atoms with Gasteiger partial charge >= 0.3 is 0 Å². The molecule has 1 atom stereocenters. The lowest BCUT2D eigenvalue weighted by Gasteiger charge is -1.99. The molecule has 1 aromatic rings. The number of hydrogen-bond acceptors (Lipinski definition) is 2. The molecular weight excluding hydrogens is 176 g/mol. The molecule has 2 nitrogen and oxygen atoms in total. The minimum Gasteiger partial charge on any atom is -0.396 e. The summed E-state index contributed by atoms with van der Waals surface area (Å²) in [6, 6.07) is 9.53. The zero-order valence-corrected chi connectivity index (χ0v) is 7.98. The Hall–Kier alpha value is -1.30. The van der Waals surface area contributed by atoms with Gasteiger partial charge < -0.3 is 10.2 Å². The van der Waals surface area contributed by atoms with E-state index in [-0.39, 0.29) is 6.61 Å². The number of aliphatic hydroxyl groups is 2. The van der Waals surface area contributed by atoms with Crippen LogP contribution in [0.2, 0.25) is 0 Å². The fourth-order valence-corrected chi connectivity index (χ4v) is 1.04. The molecule has 0 aliphatic heterocycles. The Labute approximate surface area is 84.2 Å². The van der Waals surface area contributed by atoms with Crippen LogP contribution in [-0.2, 0) is 0 Å². The van der Waals surface area contributed by atoms with Crippen LogP contribution < -0.4 is 0 Å². The van der Waals surface area contributed by atoms with Crippen LogP contribution in [0.3, 0.4) is 0 Å². The highest BCUT2D eigenvalue weighted by Gasteiger charge is 1.96. The first kappa shape index (κ1) is 10.8. The first-order chi connectivity index (χ1) is 6.83. The molecule has 0 unspecified atom stereocenters. The van der Waals surface area contributed by atoms with Gasteiger partial charge in [0, 0.05) is 12.2 Å². The summed E-state index contributed by atoms with van der Waals surface area (Å²) in [5.41, 5.74) is 0.899. The van der Waals surface area contributed by atoms with Crippen LogP contribution in [0, 0.1) is 11.8 Å². The van der Waals surface area contributed by atoms with Gasteiger partial charge in [0.1, 0.15) is 6.10 Å². The fraction of sp³-hybridized carbons (Fsp3) is 0.333. The standard InChI is InChI=1S/C12H14O2/c13-10-4-7-12(14)9-8-11-5-2-1-3-6-11/h1-3,5-6,12-14H,4,7,10H2/t12-/m0/s1. The number of aliphatic hydroxyl groups excluding tert-OH is 2. The van der Waals surface area contributed by atoms with Crippen LogP contribution in [0.25, 0.3) is 0 Å². The van der Waals surface area contributed by atoms with E-state index < -0.39 is 6.10 Å². The van der Waals surface area contributed by atoms with Gasteiger partial charge in [-0.3, -0.25) is 0 Å². The molecular formula is C12H14O2. The van der Waals surface area contributed by atoms with Crippen molar-refractivity contribution in [2.24, 2.45) is 0 Å². The Morgan fingerprint density at radius 3 is 2.57 bits per heavy atom. The van der Waals surface area contributed by atoms with Crippen LogP contribution in [0.5, 0.6) is 0 Å². The van der Waals surface area contributed by atoms with Crippen molar-refractivity contribution in [1.29, 1.82) is 0 Å². The van der Waals surface area contributed by atoms with Gasteiger partial charge in [0.05, 0.1) is 0 Å². The smallest absolute Gasteiger partial charge is 0.115 e. The Kier molecular flexibility index (Phi) is 4.77. The molecule has 0 amide bonds. The molecule has 14 heavy (non-hydrogen) atoms. The third kappa shape index (κ3) is 4.08. The van der Waals surface area contributed by atoms with Crippen molar-refractivity contribution in [1.82, 2.24) is 0 Å². The zero-order valence-electron chi connectivity index (χ0n) is 7.98. The molecule has 0 heterocycles. The van der Waals surface area contributed by atoms with E-state index in [1.807, 2.05) is 30.3 Å². The SMILES string of the molecule is OCCC[C@H](O)C#Cc1ccccc1. The second-order valence-electron chi connectivity index (χ2n) is 3.02. The van der Waals surface area contributed by atoms with Crippen LogP contribution in [0.15, 0.2) is 30.3 Å². The second kappa shape index (κ2) is 6.20. The third-order valence-corrected chi connectivity index (χ3v) is 1.79. The van der Waals surface area contributed by atoms with Crippen molar-refractivity contribution in [3.05, 3.63) is 35.9 Å². The van der Waals surface area contributed by atoms with E-state index in [1.54, 1.807) is 0 Å². The van der Waals surface area contributed by atoms with Crippen LogP contribution in [0.4, 0.5) is 0 Å². The molecule has 1 rings (SSSR count). The first-order valence-corrected chi connectivity index (χ1v) is 4.68. The summed E-state index contributed by atoms with van der Waals surface area (Å²) in [5, 5.41) is 17.9. The van der Waals surface area contributed by atoms with E-state index in [2.05, 4.69) is 11.8 Å². The fourth-order valence-electron chi connectivity index (χ4n) is 1.04. The van der Waals surface area contributed by atoms with Gasteiger partial charge in [-0.2, -0.15) is 0 Å². The molecule has 74 valence electrons. The van der Waals surface area contributed by atoms with Crippen molar-refractivity contribution in [3.63, 3.8) is 0 Å². The monoisotopic (exact) mass is 190 g/mol. The van der Waals surface area contributed by atoms with Gasteiger partial charge in [-0.25, -0.2) is 0 Å². The summed E-state index contributed by atoms with van der Waals surface area (Å²) in [6.45, 7) is 0.101. The highest BCUT2D eigenvalue weighted by Crippen LogP contribution is 1.97. The largest absolute Gasteiger partial charge is 0.396 e. The highest BCUT2D eigenvalue weighted by atomic mass is 16.3. The molecule has 0 saturated heterocycles. The topological polar surface area (TPSA) is 40.5 Å². The minimum atomic E-state index is -0.637. The average Bonchev–Trinajstić information content (AvgIpc) is 2.25. The van der Waals surface area contributed by atoms with Gasteiger partial charge in [0.2, 0.25) is 0 Å². The van der Waals surface area contributed by atoms with E-state index >= 15 is 0 Å². The van der Waals surface area contributed by atoms with Crippen molar-refractivity contribution < 1.29 is 10.2 Å².